The smallest absolute Gasteiger partial charge is 0.406 e. The molecular formula is C12H13N5O4. The van der Waals surface area contributed by atoms with Crippen LogP contribution in [0.25, 0.3) is 0 Å². The van der Waals surface area contributed by atoms with E-state index in [4.69, 9.17) is 5.11 Å². The van der Waals surface area contributed by atoms with Crippen molar-refractivity contribution in [2.24, 2.45) is 7.05 Å². The van der Waals surface area contributed by atoms with Gasteiger partial charge >= 0.3 is 11.8 Å². The zero-order valence-corrected chi connectivity index (χ0v) is 11.4. The van der Waals surface area contributed by atoms with E-state index in [0.29, 0.717) is 17.2 Å². The summed E-state index contributed by atoms with van der Waals surface area (Å²) >= 11 is 0. The predicted octanol–water partition coefficient (Wildman–Crippen LogP) is 1.34. The van der Waals surface area contributed by atoms with Crippen LogP contribution in [0.1, 0.15) is 21.9 Å². The van der Waals surface area contributed by atoms with Crippen LogP contribution in [-0.4, -0.2) is 30.5 Å². The number of imidazole rings is 1. The molecule has 0 amide bonds. The second-order valence-corrected chi connectivity index (χ2v) is 4.36. The standard InChI is InChI=1S/C12H13N5O4/c1-7-15-11(17(20)21)10(16(7)2)14-6-8-3-4-9(12(18)19)13-5-8/h3-5,14H,6H2,1-2H3,(H,18,19). The van der Waals surface area contributed by atoms with Crippen molar-refractivity contribution in [2.45, 2.75) is 13.5 Å². The maximum atomic E-state index is 10.9. The molecule has 0 bridgehead atoms. The molecule has 0 radical (unpaired) electrons. The highest BCUT2D eigenvalue weighted by Crippen LogP contribution is 2.24. The van der Waals surface area contributed by atoms with E-state index in [-0.39, 0.29) is 18.1 Å². The zero-order chi connectivity index (χ0) is 15.6. The third-order valence-electron chi connectivity index (χ3n) is 2.98. The fourth-order valence-corrected chi connectivity index (χ4v) is 1.76. The molecule has 2 N–H and O–H groups in total. The molecule has 9 heteroatoms. The Labute approximate surface area is 119 Å². The molecule has 0 saturated carbocycles. The fourth-order valence-electron chi connectivity index (χ4n) is 1.76. The Morgan fingerprint density at radius 3 is 2.76 bits per heavy atom. The maximum Gasteiger partial charge on any atom is 0.406 e. The maximum absolute atomic E-state index is 10.9. The number of hydrogen-bond acceptors (Lipinski definition) is 6. The number of carboxylic acid groups (broad SMARTS) is 1. The number of aromatic nitrogens is 3. The molecular weight excluding hydrogens is 278 g/mol. The number of carbonyl (C=O) groups is 1. The number of rotatable bonds is 5. The van der Waals surface area contributed by atoms with Crippen LogP contribution < -0.4 is 5.32 Å². The lowest BCUT2D eigenvalue weighted by Crippen LogP contribution is -2.07. The number of aryl methyl sites for hydroxylation is 1. The van der Waals surface area contributed by atoms with Gasteiger partial charge in [-0.15, -0.1) is 0 Å². The largest absolute Gasteiger partial charge is 0.477 e. The second kappa shape index (κ2) is 5.57. The van der Waals surface area contributed by atoms with Crippen molar-refractivity contribution >= 4 is 17.6 Å². The number of carboxylic acids is 1. The summed E-state index contributed by atoms with van der Waals surface area (Å²) in [6, 6.07) is 2.97. The number of anilines is 1. The molecule has 9 nitrogen and oxygen atoms in total. The summed E-state index contributed by atoms with van der Waals surface area (Å²) in [6.45, 7) is 1.94. The Balaban J connectivity index is 2.16. The molecule has 0 aliphatic rings. The molecule has 0 spiro atoms. The second-order valence-electron chi connectivity index (χ2n) is 4.36. The summed E-state index contributed by atoms with van der Waals surface area (Å²) in [5.41, 5.74) is 0.647. The van der Waals surface area contributed by atoms with Crippen LogP contribution in [0.15, 0.2) is 18.3 Å². The SMILES string of the molecule is Cc1nc([N+](=O)[O-])c(NCc2ccc(C(=O)O)nc2)n1C. The molecule has 2 aromatic rings. The Morgan fingerprint density at radius 2 is 2.24 bits per heavy atom. The molecule has 0 saturated heterocycles. The molecule has 0 aliphatic heterocycles. The minimum Gasteiger partial charge on any atom is -0.477 e. The van der Waals surface area contributed by atoms with Gasteiger partial charge in [0.25, 0.3) is 0 Å². The summed E-state index contributed by atoms with van der Waals surface area (Å²) in [5, 5.41) is 22.6. The van der Waals surface area contributed by atoms with Gasteiger partial charge in [-0.1, -0.05) is 6.07 Å². The molecule has 0 aromatic carbocycles. The minimum atomic E-state index is -1.10. The number of nitrogens with one attached hydrogen (secondary N) is 1. The zero-order valence-electron chi connectivity index (χ0n) is 11.4. The van der Waals surface area contributed by atoms with Crippen LogP contribution in [0, 0.1) is 17.0 Å². The van der Waals surface area contributed by atoms with E-state index in [1.165, 1.54) is 12.3 Å². The van der Waals surface area contributed by atoms with Gasteiger partial charge in [0.15, 0.2) is 0 Å². The van der Waals surface area contributed by atoms with E-state index in [1.54, 1.807) is 24.6 Å². The first kappa shape index (κ1) is 14.4. The number of hydrogen-bond donors (Lipinski definition) is 2. The molecule has 0 aliphatic carbocycles. The molecule has 2 aromatic heterocycles. The summed E-state index contributed by atoms with van der Waals surface area (Å²) in [7, 11) is 1.67. The van der Waals surface area contributed by atoms with Gasteiger partial charge in [-0.05, 0) is 21.5 Å². The lowest BCUT2D eigenvalue weighted by atomic mass is 10.2. The van der Waals surface area contributed by atoms with Gasteiger partial charge in [0, 0.05) is 26.7 Å². The summed E-state index contributed by atoms with van der Waals surface area (Å²) in [6.07, 6.45) is 1.41. The molecule has 2 heterocycles. The minimum absolute atomic E-state index is 0.0545. The Bertz CT molecular complexity index is 692. The summed E-state index contributed by atoms with van der Waals surface area (Å²) < 4.78 is 1.58. The number of nitro groups is 1. The van der Waals surface area contributed by atoms with Gasteiger partial charge in [-0.3, -0.25) is 4.57 Å². The average molecular weight is 291 g/mol. The van der Waals surface area contributed by atoms with Crippen molar-refractivity contribution in [1.82, 2.24) is 14.5 Å². The number of aromatic carboxylic acids is 1. The van der Waals surface area contributed by atoms with E-state index in [1.807, 2.05) is 0 Å². The lowest BCUT2D eigenvalue weighted by Gasteiger charge is -2.06. The average Bonchev–Trinajstić information content (AvgIpc) is 2.73. The van der Waals surface area contributed by atoms with Crippen molar-refractivity contribution in [2.75, 3.05) is 5.32 Å². The van der Waals surface area contributed by atoms with E-state index in [9.17, 15) is 14.9 Å². The van der Waals surface area contributed by atoms with Crippen LogP contribution in [-0.2, 0) is 13.6 Å². The van der Waals surface area contributed by atoms with E-state index >= 15 is 0 Å². The quantitative estimate of drug-likeness (QED) is 0.629. The van der Waals surface area contributed by atoms with Gasteiger partial charge in [-0.2, -0.15) is 0 Å². The third kappa shape index (κ3) is 2.96. The highest BCUT2D eigenvalue weighted by atomic mass is 16.6. The third-order valence-corrected chi connectivity index (χ3v) is 2.98. The first-order chi connectivity index (χ1) is 9.90. The number of nitrogens with zero attached hydrogens (tertiary/aromatic N) is 4. The van der Waals surface area contributed by atoms with Gasteiger partial charge in [-0.25, -0.2) is 9.78 Å². The molecule has 0 unspecified atom stereocenters. The van der Waals surface area contributed by atoms with Crippen molar-refractivity contribution in [3.05, 3.63) is 45.5 Å². The van der Waals surface area contributed by atoms with Crippen molar-refractivity contribution in [1.29, 1.82) is 0 Å². The van der Waals surface area contributed by atoms with E-state index < -0.39 is 10.9 Å². The van der Waals surface area contributed by atoms with E-state index in [0.717, 1.165) is 0 Å². The van der Waals surface area contributed by atoms with Crippen LogP contribution in [0.5, 0.6) is 0 Å². The van der Waals surface area contributed by atoms with Crippen molar-refractivity contribution in [3.63, 3.8) is 0 Å². The van der Waals surface area contributed by atoms with Crippen molar-refractivity contribution in [3.8, 4) is 0 Å². The lowest BCUT2D eigenvalue weighted by molar-refractivity contribution is -0.388. The molecule has 2 rings (SSSR count). The topological polar surface area (TPSA) is 123 Å². The molecule has 110 valence electrons. The van der Waals surface area contributed by atoms with Gasteiger partial charge < -0.3 is 20.5 Å². The normalized spacial score (nSPS) is 10.4. The van der Waals surface area contributed by atoms with Crippen molar-refractivity contribution < 1.29 is 14.8 Å². The van der Waals surface area contributed by atoms with Crippen LogP contribution in [0.4, 0.5) is 11.6 Å². The highest BCUT2D eigenvalue weighted by molar-refractivity contribution is 5.85. The molecule has 21 heavy (non-hydrogen) atoms. The Hall–Kier alpha value is -2.97. The summed E-state index contributed by atoms with van der Waals surface area (Å²) in [5.74, 6) is -0.541. The van der Waals surface area contributed by atoms with Gasteiger partial charge in [0.1, 0.15) is 5.69 Å². The summed E-state index contributed by atoms with van der Waals surface area (Å²) in [4.78, 5) is 28.7. The fraction of sp³-hybridized carbons (Fsp3) is 0.250. The van der Waals surface area contributed by atoms with E-state index in [2.05, 4.69) is 15.3 Å². The molecule has 0 fully saturated rings. The van der Waals surface area contributed by atoms with Crippen LogP contribution >= 0.6 is 0 Å². The monoisotopic (exact) mass is 291 g/mol. The van der Waals surface area contributed by atoms with Crippen LogP contribution in [0.2, 0.25) is 0 Å². The van der Waals surface area contributed by atoms with Gasteiger partial charge in [0.05, 0.1) is 0 Å². The Morgan fingerprint density at radius 1 is 1.52 bits per heavy atom. The Kier molecular flexibility index (Phi) is 3.83. The van der Waals surface area contributed by atoms with Crippen LogP contribution in [0.3, 0.4) is 0 Å². The molecule has 0 atom stereocenters. The first-order valence-electron chi connectivity index (χ1n) is 6.00. The first-order valence-corrected chi connectivity index (χ1v) is 6.00. The van der Waals surface area contributed by atoms with Gasteiger partial charge in [0.2, 0.25) is 11.6 Å². The number of pyridine rings is 1. The highest BCUT2D eigenvalue weighted by Gasteiger charge is 2.23. The predicted molar refractivity (Wildman–Crippen MR) is 73.1 cm³/mol.